The minimum atomic E-state index is -0.623. The molecule has 2 aromatic carbocycles. The maximum absolute atomic E-state index is 14.4. The van der Waals surface area contributed by atoms with Gasteiger partial charge < -0.3 is 49.2 Å². The molecule has 4 heterocycles. The number of amides is 5. The van der Waals surface area contributed by atoms with Gasteiger partial charge in [0.15, 0.2) is 11.6 Å². The summed E-state index contributed by atoms with van der Waals surface area (Å²) in [6.45, 7) is 39.9. The predicted molar refractivity (Wildman–Crippen MR) is 457 cm³/mol. The van der Waals surface area contributed by atoms with Crippen molar-refractivity contribution < 1.29 is 71.8 Å². The van der Waals surface area contributed by atoms with Crippen LogP contribution in [-0.4, -0.2) is 239 Å². The van der Waals surface area contributed by atoms with Gasteiger partial charge in [-0.05, 0) is 124 Å². The fourth-order valence-electron chi connectivity index (χ4n) is 18.6. The Kier molecular flexibility index (Phi) is 42.2. The van der Waals surface area contributed by atoms with E-state index in [9.17, 15) is 43.2 Å². The lowest BCUT2D eigenvalue weighted by Crippen LogP contribution is -2.54. The highest BCUT2D eigenvalue weighted by atomic mass is 16.7. The number of likely N-dealkylation sites (tertiary alicyclic amines) is 2. The zero-order valence-electron chi connectivity index (χ0n) is 75.8. The highest BCUT2D eigenvalue weighted by Gasteiger charge is 2.48. The first-order valence-electron chi connectivity index (χ1n) is 43.8. The van der Waals surface area contributed by atoms with Crippen LogP contribution >= 0.6 is 0 Å². The Balaban J connectivity index is 0.000000414. The van der Waals surface area contributed by atoms with Gasteiger partial charge in [0.25, 0.3) is 0 Å². The van der Waals surface area contributed by atoms with E-state index in [1.807, 2.05) is 140 Å². The number of likely N-dealkylation sites (N-methyl/N-ethyl adjacent to an activating group) is 4. The van der Waals surface area contributed by atoms with Crippen LogP contribution in [0, 0.1) is 70.5 Å². The average Bonchev–Trinajstić information content (AvgIpc) is 1.33. The number of Topliss-reactive ketones (excluding diaryl/α,β-unsaturated/α-hetero) is 4. The topological polar surface area (TPSA) is 253 Å². The summed E-state index contributed by atoms with van der Waals surface area (Å²) in [7, 11) is 13.5. The Morgan fingerprint density at radius 1 is 0.500 bits per heavy atom. The van der Waals surface area contributed by atoms with Gasteiger partial charge in [0.05, 0.1) is 92.6 Å². The second-order valence-electron chi connectivity index (χ2n) is 35.7. The molecule has 0 saturated carbocycles. The van der Waals surface area contributed by atoms with Crippen LogP contribution in [0.3, 0.4) is 0 Å². The van der Waals surface area contributed by atoms with Gasteiger partial charge >= 0.3 is 0 Å². The number of carbonyl (C=O) groups excluding carboxylic acids is 9. The van der Waals surface area contributed by atoms with Crippen molar-refractivity contribution in [2.24, 2.45) is 70.5 Å². The number of hydroxylamine groups is 4. The van der Waals surface area contributed by atoms with E-state index in [-0.39, 0.29) is 157 Å². The number of ether oxygens (including phenoxy) is 4. The Morgan fingerprint density at radius 2 is 0.897 bits per heavy atom. The van der Waals surface area contributed by atoms with Gasteiger partial charge in [0.1, 0.15) is 11.6 Å². The third-order valence-electron chi connectivity index (χ3n) is 26.4. The van der Waals surface area contributed by atoms with E-state index < -0.39 is 71.5 Å². The second kappa shape index (κ2) is 48.8. The fraction of sp³-hybridized carbons (Fsp3) is 0.753. The lowest BCUT2D eigenvalue weighted by atomic mass is 9.74. The number of benzene rings is 2. The van der Waals surface area contributed by atoms with Gasteiger partial charge in [0.2, 0.25) is 29.5 Å². The summed E-state index contributed by atoms with van der Waals surface area (Å²) in [6, 6.07) is 17.9. The molecule has 23 nitrogen and oxygen atoms in total. The number of nitrogens with one attached hydrogen (secondary N) is 2. The molecule has 0 aromatic heterocycles. The molecule has 0 spiro atoms. The van der Waals surface area contributed by atoms with Crippen molar-refractivity contribution in [1.82, 2.24) is 40.4 Å². The van der Waals surface area contributed by atoms with E-state index in [1.54, 1.807) is 66.4 Å². The van der Waals surface area contributed by atoms with Crippen LogP contribution in [0.4, 0.5) is 0 Å². The van der Waals surface area contributed by atoms with E-state index in [0.717, 1.165) is 81.2 Å². The minimum absolute atomic E-state index is 0.000975. The molecule has 0 aliphatic carbocycles. The molecule has 2 N–H and O–H groups in total. The number of ketones is 4. The van der Waals surface area contributed by atoms with Crippen molar-refractivity contribution in [3.8, 4) is 0 Å². The molecular weight excluding hydrogens is 1470 g/mol. The van der Waals surface area contributed by atoms with Gasteiger partial charge in [-0.3, -0.25) is 57.9 Å². The van der Waals surface area contributed by atoms with Crippen molar-refractivity contribution in [1.29, 1.82) is 0 Å². The second-order valence-corrected chi connectivity index (χ2v) is 35.7. The van der Waals surface area contributed by atoms with Crippen molar-refractivity contribution in [3.05, 3.63) is 84.1 Å². The SMILES string of the molecule is C=C(N1CCCCO1)[C@@](C)(CC(=O)[C@H](C)[C@@H](OC)[C@@H]1CCCN1C(=O)C[C@@H](OC)[C@H]([C@@H](C)CC)N(C)C(=O)[C@@H](CC(=O)[C@@H](NC)C(C)C)C(C)C)Cc1ccccc1.CC[C@H](C)[C@@H]([C@@H](CC(=O)N1CCC[C@H]1[C@H](OC)[C@@H](C)C(=O)C[C@H](C(=O)N1CCCCO1)[C@@H](C)c1ccccc1)OC)N(C)C(=O)[C@@H](CC(=O)[C@@H](NC)C(C)C)C(C)C. The number of hydrogen-bond donors (Lipinski definition) is 2. The van der Waals surface area contributed by atoms with Crippen molar-refractivity contribution >= 4 is 52.7 Å². The van der Waals surface area contributed by atoms with Gasteiger partial charge in [-0.15, -0.1) is 0 Å². The number of carbonyl (C=O) groups is 9. The maximum Gasteiger partial charge on any atom is 0.250 e. The Hall–Kier alpha value is -6.31. The highest BCUT2D eigenvalue weighted by molar-refractivity contribution is 5.92. The first-order chi connectivity index (χ1) is 55.0. The monoisotopic (exact) mass is 1620 g/mol. The van der Waals surface area contributed by atoms with Crippen LogP contribution in [0.2, 0.25) is 0 Å². The molecule has 0 unspecified atom stereocenters. The largest absolute Gasteiger partial charge is 0.379 e. The normalized spacial score (nSPS) is 20.8. The van der Waals surface area contributed by atoms with Crippen LogP contribution in [0.5, 0.6) is 0 Å². The molecule has 4 aliphatic heterocycles. The molecule has 4 aliphatic rings. The van der Waals surface area contributed by atoms with Gasteiger partial charge in [0, 0.05) is 129 Å². The highest BCUT2D eigenvalue weighted by Crippen LogP contribution is 2.41. The summed E-state index contributed by atoms with van der Waals surface area (Å²) in [5.74, 6) is -3.49. The fourth-order valence-corrected chi connectivity index (χ4v) is 18.6. The predicted octanol–water partition coefficient (Wildman–Crippen LogP) is 13.4. The number of allylic oxidation sites excluding steroid dienone is 1. The Bertz CT molecular complexity index is 3380. The van der Waals surface area contributed by atoms with Crippen LogP contribution in [-0.2, 0) is 78.2 Å². The molecule has 0 radical (unpaired) electrons. The molecular formula is C93H154N8O15. The molecule has 6 rings (SSSR count). The molecule has 5 amide bonds. The van der Waals surface area contributed by atoms with Crippen LogP contribution in [0.15, 0.2) is 72.9 Å². The van der Waals surface area contributed by atoms with Crippen LogP contribution in [0.25, 0.3) is 0 Å². The standard InChI is InChI=1S/C47H78N4O7.C46H76N4O8/c1-14-33(6)44(49(11)46(55)37(31(2)3)27-39(52)43(48-10)32(4)5)41(56-12)28-42(54)50-24-20-23-38(50)45(57-13)34(7)40(53)30-47(9,29-36-21-16-15-17-22-36)35(8)51-25-18-19-26-58-51;1-13-31(6)43(48(10)45(54)35(29(2)3)26-39(52)42(47-9)30(4)5)40(56-11)28-41(53)49-23-19-22-37(49)44(57-12)33(8)38(51)27-36(32(7)34-20-15-14-16-21-34)46(55)50-24-17-18-25-58-50/h15-17,21-22,31-34,37-38,41,43-45,48H,8,14,18-20,23-30H2,1-7,9-13H3;14-16,20-21,29-33,35-37,40,42-44,47H,13,17-19,22-28H2,1-12H3/t33-,34-,37-,38-,41+,43-,44-,45+,47+;31-,32-,33-,35-,36-,37-,40+,42-,43-,44+/m00/s1. The third-order valence-corrected chi connectivity index (χ3v) is 26.4. The summed E-state index contributed by atoms with van der Waals surface area (Å²) >= 11 is 0. The van der Waals surface area contributed by atoms with Crippen molar-refractivity contribution in [2.75, 3.05) is 96.0 Å². The Morgan fingerprint density at radius 3 is 1.26 bits per heavy atom. The first kappa shape index (κ1) is 100. The molecule has 116 heavy (non-hydrogen) atoms. The van der Waals surface area contributed by atoms with Crippen molar-refractivity contribution in [3.63, 3.8) is 0 Å². The minimum Gasteiger partial charge on any atom is -0.379 e. The molecule has 4 saturated heterocycles. The summed E-state index contributed by atoms with van der Waals surface area (Å²) in [5.41, 5.74) is 2.30. The molecule has 0 bridgehead atoms. The van der Waals surface area contributed by atoms with E-state index >= 15 is 0 Å². The van der Waals surface area contributed by atoms with Crippen LogP contribution in [0.1, 0.15) is 231 Å². The van der Waals surface area contributed by atoms with Crippen molar-refractivity contribution in [2.45, 2.75) is 287 Å². The third kappa shape index (κ3) is 26.8. The van der Waals surface area contributed by atoms with E-state index in [4.69, 9.17) is 28.6 Å². The molecule has 23 heteroatoms. The van der Waals surface area contributed by atoms with E-state index in [0.29, 0.717) is 45.7 Å². The zero-order chi connectivity index (χ0) is 86.6. The molecule has 19 atom stereocenters. The number of hydrogen-bond acceptors (Lipinski definition) is 18. The Labute approximate surface area is 698 Å². The average molecular weight is 1620 g/mol. The maximum atomic E-state index is 14.4. The quantitative estimate of drug-likeness (QED) is 0.0624. The summed E-state index contributed by atoms with van der Waals surface area (Å²) < 4.78 is 24.4. The number of nitrogens with zero attached hydrogens (tertiary/aromatic N) is 6. The lowest BCUT2D eigenvalue weighted by Gasteiger charge is -2.41. The lowest BCUT2D eigenvalue weighted by molar-refractivity contribution is -0.202. The summed E-state index contributed by atoms with van der Waals surface area (Å²) in [6.07, 6.45) is 7.23. The number of rotatable bonds is 47. The molecule has 2 aromatic rings. The molecule has 4 fully saturated rings. The van der Waals surface area contributed by atoms with Crippen LogP contribution < -0.4 is 10.6 Å². The molecule has 656 valence electrons. The van der Waals surface area contributed by atoms with Gasteiger partial charge in [-0.1, -0.05) is 191 Å². The summed E-state index contributed by atoms with van der Waals surface area (Å²) in [5, 5.41) is 9.57. The van der Waals surface area contributed by atoms with E-state index in [1.165, 1.54) is 5.06 Å². The zero-order valence-corrected chi connectivity index (χ0v) is 75.8. The van der Waals surface area contributed by atoms with Gasteiger partial charge in [-0.2, -0.15) is 0 Å². The van der Waals surface area contributed by atoms with E-state index in [2.05, 4.69) is 64.0 Å². The smallest absolute Gasteiger partial charge is 0.250 e. The summed E-state index contributed by atoms with van der Waals surface area (Å²) in [4.78, 5) is 146. The van der Waals surface area contributed by atoms with Gasteiger partial charge in [-0.25, -0.2) is 5.06 Å². The number of methoxy groups -OCH3 is 4. The first-order valence-corrected chi connectivity index (χ1v) is 43.8.